The largest absolute Gasteiger partial charge is 0.381 e. The molecule has 1 aliphatic rings. The standard InChI is InChI=1S/C19H28N2O3/c1-3-4-11-24-12-7-10-20-19(23)16-13-18(22)21(14-16)17-9-6-5-8-15(17)2/h5-6,8-9,16H,3-4,7,10-14H2,1-2H3,(H,20,23). The Balaban J connectivity index is 1.75. The minimum Gasteiger partial charge on any atom is -0.381 e. The van der Waals surface area contributed by atoms with Gasteiger partial charge in [-0.25, -0.2) is 0 Å². The maximum absolute atomic E-state index is 12.3. The van der Waals surface area contributed by atoms with E-state index in [9.17, 15) is 9.59 Å². The lowest BCUT2D eigenvalue weighted by Crippen LogP contribution is -2.34. The third-order valence-corrected chi connectivity index (χ3v) is 4.31. The van der Waals surface area contributed by atoms with Gasteiger partial charge in [-0.15, -0.1) is 0 Å². The van der Waals surface area contributed by atoms with E-state index in [-0.39, 0.29) is 24.2 Å². The molecule has 0 saturated carbocycles. The van der Waals surface area contributed by atoms with Crippen molar-refractivity contribution in [2.45, 2.75) is 39.5 Å². The van der Waals surface area contributed by atoms with Gasteiger partial charge in [0.25, 0.3) is 0 Å². The zero-order valence-corrected chi connectivity index (χ0v) is 14.7. The molecule has 5 nitrogen and oxygen atoms in total. The highest BCUT2D eigenvalue weighted by molar-refractivity contribution is 6.00. The lowest BCUT2D eigenvalue weighted by molar-refractivity contribution is -0.126. The van der Waals surface area contributed by atoms with Gasteiger partial charge in [-0.2, -0.15) is 0 Å². The zero-order valence-electron chi connectivity index (χ0n) is 14.7. The summed E-state index contributed by atoms with van der Waals surface area (Å²) in [7, 11) is 0. The van der Waals surface area contributed by atoms with Crippen LogP contribution in [0.2, 0.25) is 0 Å². The number of carbonyl (C=O) groups excluding carboxylic acids is 2. The first-order chi connectivity index (χ1) is 11.6. The predicted octanol–water partition coefficient (Wildman–Crippen LogP) is 2.67. The van der Waals surface area contributed by atoms with Crippen LogP contribution in [0.4, 0.5) is 5.69 Å². The number of nitrogens with one attached hydrogen (secondary N) is 1. The molecule has 0 aliphatic carbocycles. The molecule has 1 atom stereocenters. The van der Waals surface area contributed by atoms with Gasteiger partial charge in [-0.1, -0.05) is 31.5 Å². The fourth-order valence-corrected chi connectivity index (χ4v) is 2.86. The van der Waals surface area contributed by atoms with Crippen molar-refractivity contribution in [3.05, 3.63) is 29.8 Å². The van der Waals surface area contributed by atoms with Gasteiger partial charge in [-0.3, -0.25) is 9.59 Å². The topological polar surface area (TPSA) is 58.6 Å². The highest BCUT2D eigenvalue weighted by atomic mass is 16.5. The first kappa shape index (κ1) is 18.5. The molecule has 1 aromatic rings. The van der Waals surface area contributed by atoms with Crippen molar-refractivity contribution in [2.24, 2.45) is 5.92 Å². The Bertz CT molecular complexity index is 559. The molecule has 0 bridgehead atoms. The molecule has 2 rings (SSSR count). The fraction of sp³-hybridized carbons (Fsp3) is 0.579. The molecule has 1 unspecified atom stereocenters. The molecule has 1 heterocycles. The van der Waals surface area contributed by atoms with Gasteiger partial charge in [-0.05, 0) is 31.4 Å². The maximum atomic E-state index is 12.3. The van der Waals surface area contributed by atoms with E-state index in [1.807, 2.05) is 31.2 Å². The van der Waals surface area contributed by atoms with Crippen LogP contribution >= 0.6 is 0 Å². The van der Waals surface area contributed by atoms with Gasteiger partial charge in [0.15, 0.2) is 0 Å². The lowest BCUT2D eigenvalue weighted by atomic mass is 10.1. The Morgan fingerprint density at radius 3 is 2.79 bits per heavy atom. The van der Waals surface area contributed by atoms with Crippen LogP contribution in [-0.4, -0.2) is 38.1 Å². The number of para-hydroxylation sites is 1. The minimum atomic E-state index is -0.266. The third-order valence-electron chi connectivity index (χ3n) is 4.31. The molecular weight excluding hydrogens is 304 g/mol. The molecular formula is C19H28N2O3. The number of carbonyl (C=O) groups is 2. The monoisotopic (exact) mass is 332 g/mol. The number of anilines is 1. The highest BCUT2D eigenvalue weighted by Gasteiger charge is 2.35. The first-order valence-electron chi connectivity index (χ1n) is 8.85. The zero-order chi connectivity index (χ0) is 17.4. The van der Waals surface area contributed by atoms with E-state index in [1.54, 1.807) is 4.90 Å². The Hall–Kier alpha value is -1.88. The Morgan fingerprint density at radius 1 is 1.29 bits per heavy atom. The second-order valence-electron chi connectivity index (χ2n) is 6.30. The summed E-state index contributed by atoms with van der Waals surface area (Å²) in [4.78, 5) is 26.2. The summed E-state index contributed by atoms with van der Waals surface area (Å²) < 4.78 is 5.47. The van der Waals surface area contributed by atoms with Gasteiger partial charge < -0.3 is 15.0 Å². The SMILES string of the molecule is CCCCOCCCNC(=O)C1CC(=O)N(c2ccccc2C)C1. The predicted molar refractivity (Wildman–Crippen MR) is 95.0 cm³/mol. The average molecular weight is 332 g/mol. The number of rotatable bonds is 9. The quantitative estimate of drug-likeness (QED) is 0.707. The molecule has 1 N–H and O–H groups in total. The number of nitrogens with zero attached hydrogens (tertiary/aromatic N) is 1. The van der Waals surface area contributed by atoms with Crippen molar-refractivity contribution in [2.75, 3.05) is 31.2 Å². The van der Waals surface area contributed by atoms with Gasteiger partial charge in [0, 0.05) is 38.4 Å². The van der Waals surface area contributed by atoms with E-state index in [0.29, 0.717) is 19.7 Å². The fourth-order valence-electron chi connectivity index (χ4n) is 2.86. The third kappa shape index (κ3) is 5.06. The van der Waals surface area contributed by atoms with Crippen molar-refractivity contribution in [1.82, 2.24) is 5.32 Å². The summed E-state index contributed by atoms with van der Waals surface area (Å²) in [5, 5.41) is 2.92. The summed E-state index contributed by atoms with van der Waals surface area (Å²) in [6.07, 6.45) is 3.29. The molecule has 5 heteroatoms. The van der Waals surface area contributed by atoms with Crippen LogP contribution in [0.5, 0.6) is 0 Å². The van der Waals surface area contributed by atoms with Crippen molar-refractivity contribution in [3.63, 3.8) is 0 Å². The number of hydrogen-bond donors (Lipinski definition) is 1. The lowest BCUT2D eigenvalue weighted by Gasteiger charge is -2.19. The first-order valence-corrected chi connectivity index (χ1v) is 8.85. The van der Waals surface area contributed by atoms with Crippen LogP contribution in [0.25, 0.3) is 0 Å². The Morgan fingerprint density at radius 2 is 2.04 bits per heavy atom. The van der Waals surface area contributed by atoms with Crippen LogP contribution in [0.3, 0.4) is 0 Å². The molecule has 1 fully saturated rings. The summed E-state index contributed by atoms with van der Waals surface area (Å²) in [5.41, 5.74) is 1.96. The van der Waals surface area contributed by atoms with E-state index >= 15 is 0 Å². The normalized spacial score (nSPS) is 17.3. The average Bonchev–Trinajstić information content (AvgIpc) is 2.96. The van der Waals surface area contributed by atoms with Crippen LogP contribution < -0.4 is 10.2 Å². The number of amides is 2. The molecule has 0 aromatic heterocycles. The molecule has 24 heavy (non-hydrogen) atoms. The van der Waals surface area contributed by atoms with Crippen LogP contribution in [0.15, 0.2) is 24.3 Å². The summed E-state index contributed by atoms with van der Waals surface area (Å²) in [6, 6.07) is 7.78. The molecule has 1 aromatic carbocycles. The molecule has 1 aliphatic heterocycles. The summed E-state index contributed by atoms with van der Waals surface area (Å²) in [5.74, 6) is -0.279. The van der Waals surface area contributed by atoms with Crippen molar-refractivity contribution >= 4 is 17.5 Å². The van der Waals surface area contributed by atoms with E-state index in [4.69, 9.17) is 4.74 Å². The number of unbranched alkanes of at least 4 members (excludes halogenated alkanes) is 1. The van der Waals surface area contributed by atoms with Crippen molar-refractivity contribution < 1.29 is 14.3 Å². The molecule has 2 amide bonds. The van der Waals surface area contributed by atoms with Gasteiger partial charge >= 0.3 is 0 Å². The molecule has 0 spiro atoms. The van der Waals surface area contributed by atoms with Gasteiger partial charge in [0.2, 0.25) is 11.8 Å². The van der Waals surface area contributed by atoms with E-state index in [1.165, 1.54) is 0 Å². The number of hydrogen-bond acceptors (Lipinski definition) is 3. The summed E-state index contributed by atoms with van der Waals surface area (Å²) >= 11 is 0. The van der Waals surface area contributed by atoms with E-state index in [2.05, 4.69) is 12.2 Å². The van der Waals surface area contributed by atoms with Crippen molar-refractivity contribution in [3.8, 4) is 0 Å². The van der Waals surface area contributed by atoms with Crippen LogP contribution in [-0.2, 0) is 14.3 Å². The van der Waals surface area contributed by atoms with Gasteiger partial charge in [0.05, 0.1) is 5.92 Å². The second-order valence-corrected chi connectivity index (χ2v) is 6.30. The Labute approximate surface area is 144 Å². The number of aryl methyl sites for hydroxylation is 1. The highest BCUT2D eigenvalue weighted by Crippen LogP contribution is 2.27. The molecule has 0 radical (unpaired) electrons. The van der Waals surface area contributed by atoms with Crippen molar-refractivity contribution in [1.29, 1.82) is 0 Å². The number of benzene rings is 1. The van der Waals surface area contributed by atoms with Crippen LogP contribution in [0.1, 0.15) is 38.2 Å². The van der Waals surface area contributed by atoms with Crippen LogP contribution in [0, 0.1) is 12.8 Å². The van der Waals surface area contributed by atoms with Gasteiger partial charge in [0.1, 0.15) is 0 Å². The minimum absolute atomic E-state index is 0.0207. The molecule has 132 valence electrons. The number of ether oxygens (including phenoxy) is 1. The Kier molecular flexibility index (Phi) is 7.25. The van der Waals surface area contributed by atoms with E-state index < -0.39 is 0 Å². The van der Waals surface area contributed by atoms with E-state index in [0.717, 1.165) is 37.1 Å². The second kappa shape index (κ2) is 9.42. The summed E-state index contributed by atoms with van der Waals surface area (Å²) in [6.45, 7) is 6.62. The maximum Gasteiger partial charge on any atom is 0.227 e. The smallest absolute Gasteiger partial charge is 0.227 e. The molecule has 1 saturated heterocycles.